The van der Waals surface area contributed by atoms with Gasteiger partial charge in [-0.1, -0.05) is 18.2 Å². The third-order valence-corrected chi connectivity index (χ3v) is 5.27. The van der Waals surface area contributed by atoms with Gasteiger partial charge >= 0.3 is 0 Å². The summed E-state index contributed by atoms with van der Waals surface area (Å²) in [5.41, 5.74) is 4.26. The summed E-state index contributed by atoms with van der Waals surface area (Å²) in [6, 6.07) is 9.53. The maximum atomic E-state index is 3.88. The minimum absolute atomic E-state index is 0.785. The molecule has 20 heavy (non-hydrogen) atoms. The molecule has 2 heteroatoms. The van der Waals surface area contributed by atoms with Crippen LogP contribution in [-0.2, 0) is 13.6 Å². The van der Waals surface area contributed by atoms with Gasteiger partial charge in [0.1, 0.15) is 0 Å². The molecule has 0 atom stereocenters. The van der Waals surface area contributed by atoms with Gasteiger partial charge in [0.2, 0.25) is 0 Å². The second-order valence-corrected chi connectivity index (χ2v) is 6.73. The van der Waals surface area contributed by atoms with E-state index in [4.69, 9.17) is 0 Å². The number of hydrogen-bond acceptors (Lipinski definition) is 1. The van der Waals surface area contributed by atoms with Crippen molar-refractivity contribution in [1.82, 2.24) is 9.88 Å². The van der Waals surface area contributed by atoms with E-state index in [1.807, 2.05) is 0 Å². The Kier molecular flexibility index (Phi) is 2.88. The zero-order valence-corrected chi connectivity index (χ0v) is 12.5. The lowest BCUT2D eigenvalue weighted by Crippen LogP contribution is -2.33. The monoisotopic (exact) mass is 268 g/mol. The molecule has 0 saturated heterocycles. The topological polar surface area (TPSA) is 17.0 Å². The van der Waals surface area contributed by atoms with Crippen molar-refractivity contribution in [2.75, 3.05) is 0 Å². The van der Waals surface area contributed by atoms with Crippen LogP contribution in [0.5, 0.6) is 0 Å². The number of nitrogens with zero attached hydrogens (tertiary/aromatic N) is 1. The lowest BCUT2D eigenvalue weighted by Gasteiger charge is -2.18. The van der Waals surface area contributed by atoms with Crippen molar-refractivity contribution in [3.63, 3.8) is 0 Å². The van der Waals surface area contributed by atoms with E-state index < -0.39 is 0 Å². The minimum atomic E-state index is 0.785. The number of aromatic nitrogens is 1. The molecule has 1 heterocycles. The van der Waals surface area contributed by atoms with Gasteiger partial charge in [0.25, 0.3) is 0 Å². The van der Waals surface area contributed by atoms with Gasteiger partial charge in [-0.25, -0.2) is 0 Å². The average Bonchev–Trinajstić information content (AvgIpc) is 3.36. The highest BCUT2D eigenvalue weighted by Gasteiger charge is 2.41. The standard InChI is InChI=1S/C18H24N2/c1-12-15-5-3-4-6-16(15)20(2)17(12)11-19-18(13-7-8-13)14-9-10-14/h3-6,13-14,18-19H,7-11H2,1-2H3. The maximum Gasteiger partial charge on any atom is 0.0483 e. The lowest BCUT2D eigenvalue weighted by atomic mass is 10.1. The molecule has 0 bridgehead atoms. The molecule has 2 aromatic rings. The molecule has 2 aliphatic carbocycles. The first-order chi connectivity index (χ1) is 9.75. The Morgan fingerprint density at radius 1 is 1.15 bits per heavy atom. The number of hydrogen-bond donors (Lipinski definition) is 1. The smallest absolute Gasteiger partial charge is 0.0483 e. The SMILES string of the molecule is Cc1c(CNC(C2CC2)C2CC2)n(C)c2ccccc12. The van der Waals surface area contributed by atoms with Crippen LogP contribution in [0.15, 0.2) is 24.3 Å². The molecule has 0 spiro atoms. The number of fused-ring (bicyclic) bond motifs is 1. The maximum absolute atomic E-state index is 3.88. The molecule has 2 aliphatic rings. The van der Waals surface area contributed by atoms with Gasteiger partial charge in [-0.2, -0.15) is 0 Å². The molecule has 1 N–H and O–H groups in total. The Hall–Kier alpha value is -1.28. The highest BCUT2D eigenvalue weighted by atomic mass is 15.0. The third kappa shape index (κ3) is 2.07. The molecule has 2 fully saturated rings. The molecule has 1 aromatic heterocycles. The second-order valence-electron chi connectivity index (χ2n) is 6.73. The van der Waals surface area contributed by atoms with Crippen LogP contribution in [0.1, 0.15) is 36.9 Å². The summed E-state index contributed by atoms with van der Waals surface area (Å²) in [6.07, 6.45) is 5.79. The van der Waals surface area contributed by atoms with E-state index in [-0.39, 0.29) is 0 Å². The van der Waals surface area contributed by atoms with E-state index in [1.165, 1.54) is 47.8 Å². The normalized spacial score (nSPS) is 19.1. The summed E-state index contributed by atoms with van der Waals surface area (Å²) < 4.78 is 2.37. The van der Waals surface area contributed by atoms with E-state index >= 15 is 0 Å². The Bertz CT molecular complexity index is 581. The van der Waals surface area contributed by atoms with E-state index in [9.17, 15) is 0 Å². The molecule has 4 rings (SSSR count). The summed E-state index contributed by atoms with van der Waals surface area (Å²) in [4.78, 5) is 0. The van der Waals surface area contributed by atoms with Gasteiger partial charge in [0, 0.05) is 36.2 Å². The first kappa shape index (κ1) is 12.5. The van der Waals surface area contributed by atoms with Crippen molar-refractivity contribution in [1.29, 1.82) is 0 Å². The van der Waals surface area contributed by atoms with E-state index in [2.05, 4.69) is 48.1 Å². The number of aryl methyl sites for hydroxylation is 2. The molecule has 0 radical (unpaired) electrons. The Balaban J connectivity index is 1.58. The predicted molar refractivity (Wildman–Crippen MR) is 83.7 cm³/mol. The fraction of sp³-hybridized carbons (Fsp3) is 0.556. The molecule has 2 saturated carbocycles. The Morgan fingerprint density at radius 2 is 1.80 bits per heavy atom. The minimum Gasteiger partial charge on any atom is -0.346 e. The van der Waals surface area contributed by atoms with E-state index in [0.29, 0.717) is 0 Å². The quantitative estimate of drug-likeness (QED) is 0.873. The van der Waals surface area contributed by atoms with Crippen molar-refractivity contribution in [2.24, 2.45) is 18.9 Å². The molecule has 106 valence electrons. The predicted octanol–water partition coefficient (Wildman–Crippen LogP) is 3.76. The van der Waals surface area contributed by atoms with Gasteiger partial charge in [-0.05, 0) is 56.1 Å². The van der Waals surface area contributed by atoms with Crippen LogP contribution in [0.3, 0.4) is 0 Å². The van der Waals surface area contributed by atoms with Crippen molar-refractivity contribution in [2.45, 2.75) is 45.2 Å². The third-order valence-electron chi connectivity index (χ3n) is 5.27. The van der Waals surface area contributed by atoms with Gasteiger partial charge in [-0.15, -0.1) is 0 Å². The van der Waals surface area contributed by atoms with Crippen LogP contribution in [0, 0.1) is 18.8 Å². The summed E-state index contributed by atoms with van der Waals surface area (Å²) >= 11 is 0. The van der Waals surface area contributed by atoms with E-state index in [1.54, 1.807) is 0 Å². The van der Waals surface area contributed by atoms with Gasteiger partial charge in [-0.3, -0.25) is 0 Å². The van der Waals surface area contributed by atoms with Crippen LogP contribution in [-0.4, -0.2) is 10.6 Å². The number of rotatable bonds is 5. The van der Waals surface area contributed by atoms with Crippen LogP contribution in [0.2, 0.25) is 0 Å². The van der Waals surface area contributed by atoms with Crippen molar-refractivity contribution < 1.29 is 0 Å². The highest BCUT2D eigenvalue weighted by molar-refractivity contribution is 5.85. The number of para-hydroxylation sites is 1. The Morgan fingerprint density at radius 3 is 2.40 bits per heavy atom. The molecule has 0 amide bonds. The van der Waals surface area contributed by atoms with Crippen molar-refractivity contribution >= 4 is 10.9 Å². The van der Waals surface area contributed by atoms with Crippen LogP contribution < -0.4 is 5.32 Å². The zero-order valence-electron chi connectivity index (χ0n) is 12.5. The second kappa shape index (κ2) is 4.63. The molecule has 2 nitrogen and oxygen atoms in total. The van der Waals surface area contributed by atoms with Crippen LogP contribution in [0.4, 0.5) is 0 Å². The van der Waals surface area contributed by atoms with Gasteiger partial charge in [0.05, 0.1) is 0 Å². The number of nitrogens with one attached hydrogen (secondary N) is 1. The zero-order chi connectivity index (χ0) is 13.7. The highest BCUT2D eigenvalue weighted by Crippen LogP contribution is 2.44. The number of benzene rings is 1. The summed E-state index contributed by atoms with van der Waals surface area (Å²) in [7, 11) is 2.20. The molecule has 1 aromatic carbocycles. The van der Waals surface area contributed by atoms with E-state index in [0.717, 1.165) is 24.4 Å². The fourth-order valence-electron chi connectivity index (χ4n) is 3.73. The Labute approximate surface area is 121 Å². The lowest BCUT2D eigenvalue weighted by molar-refractivity contribution is 0.411. The summed E-state index contributed by atoms with van der Waals surface area (Å²) in [5.74, 6) is 1.94. The first-order valence-electron chi connectivity index (χ1n) is 8.02. The average molecular weight is 268 g/mol. The summed E-state index contributed by atoms with van der Waals surface area (Å²) in [6.45, 7) is 3.29. The van der Waals surface area contributed by atoms with Crippen molar-refractivity contribution in [3.05, 3.63) is 35.5 Å². The first-order valence-corrected chi connectivity index (χ1v) is 8.02. The van der Waals surface area contributed by atoms with Gasteiger partial charge in [0.15, 0.2) is 0 Å². The molecule has 0 aliphatic heterocycles. The fourth-order valence-corrected chi connectivity index (χ4v) is 3.73. The van der Waals surface area contributed by atoms with Crippen LogP contribution in [0.25, 0.3) is 10.9 Å². The largest absolute Gasteiger partial charge is 0.346 e. The van der Waals surface area contributed by atoms with Crippen LogP contribution >= 0.6 is 0 Å². The summed E-state index contributed by atoms with van der Waals surface area (Å²) in [5, 5.41) is 5.29. The molecule has 0 unspecified atom stereocenters. The molecular weight excluding hydrogens is 244 g/mol. The molecular formula is C18H24N2. The van der Waals surface area contributed by atoms with Gasteiger partial charge < -0.3 is 9.88 Å². The van der Waals surface area contributed by atoms with Crippen molar-refractivity contribution in [3.8, 4) is 0 Å².